The number of methoxy groups -OCH3 is 2. The second kappa shape index (κ2) is 8.43. The van der Waals surface area contributed by atoms with Crippen LogP contribution in [0.5, 0.6) is 5.75 Å². The number of carboxylic acids is 1. The van der Waals surface area contributed by atoms with Crippen molar-refractivity contribution in [2.24, 2.45) is 0 Å². The topological polar surface area (TPSA) is 102 Å². The third-order valence-electron chi connectivity index (χ3n) is 5.63. The van der Waals surface area contributed by atoms with Crippen molar-refractivity contribution in [1.82, 2.24) is 19.7 Å². The van der Waals surface area contributed by atoms with Crippen LogP contribution in [0.2, 0.25) is 0 Å². The van der Waals surface area contributed by atoms with Gasteiger partial charge in [0.2, 0.25) is 6.17 Å². The van der Waals surface area contributed by atoms with E-state index >= 15 is 0 Å². The minimum atomic E-state index is -2.14. The van der Waals surface area contributed by atoms with Crippen LogP contribution in [0.25, 0.3) is 27.8 Å². The number of H-pyrrole nitrogens is 1. The summed E-state index contributed by atoms with van der Waals surface area (Å²) in [6.45, 7) is 4.08. The maximum Gasteiger partial charge on any atom is 0.338 e. The van der Waals surface area contributed by atoms with Crippen molar-refractivity contribution in [3.8, 4) is 11.4 Å². The summed E-state index contributed by atoms with van der Waals surface area (Å²) in [5, 5.41) is 16.8. The van der Waals surface area contributed by atoms with E-state index in [1.165, 1.54) is 19.2 Å². The third kappa shape index (κ3) is 3.91. The molecule has 0 amide bonds. The summed E-state index contributed by atoms with van der Waals surface area (Å²) < 4.78 is 41.2. The molecule has 4 rings (SSSR count). The first-order chi connectivity index (χ1) is 15.7. The van der Waals surface area contributed by atoms with Crippen LogP contribution in [0.4, 0.5) is 8.78 Å². The van der Waals surface area contributed by atoms with E-state index in [4.69, 9.17) is 9.47 Å². The largest absolute Gasteiger partial charge is 0.494 e. The molecule has 0 saturated heterocycles. The summed E-state index contributed by atoms with van der Waals surface area (Å²) in [5.41, 5.74) is 2.43. The van der Waals surface area contributed by atoms with E-state index < -0.39 is 29.8 Å². The van der Waals surface area contributed by atoms with Crippen LogP contribution in [-0.4, -0.2) is 57.8 Å². The quantitative estimate of drug-likeness (QED) is 0.415. The monoisotopic (exact) mass is 458 g/mol. The lowest BCUT2D eigenvalue weighted by Crippen LogP contribution is -2.29. The first-order valence-corrected chi connectivity index (χ1v) is 10.3. The van der Waals surface area contributed by atoms with E-state index in [9.17, 15) is 18.7 Å². The van der Waals surface area contributed by atoms with Crippen molar-refractivity contribution < 1.29 is 28.2 Å². The highest BCUT2D eigenvalue weighted by atomic mass is 19.1. The summed E-state index contributed by atoms with van der Waals surface area (Å²) >= 11 is 0. The number of hydrogen-bond donors (Lipinski definition) is 2. The van der Waals surface area contributed by atoms with Gasteiger partial charge in [0.1, 0.15) is 0 Å². The number of rotatable bonds is 8. The molecule has 0 unspecified atom stereocenters. The SMILES string of the molecule is COCC(C)(C)c1c(C[C@@H](F)C(=O)O)c2nc3[nH]ncc3cc2n1-c1ccc(F)c(OC)c1. The zero-order valence-corrected chi connectivity index (χ0v) is 18.6. The normalized spacial score (nSPS) is 13.0. The van der Waals surface area contributed by atoms with Crippen LogP contribution in [0.3, 0.4) is 0 Å². The van der Waals surface area contributed by atoms with Gasteiger partial charge in [-0.15, -0.1) is 0 Å². The number of nitrogens with zero attached hydrogens (tertiary/aromatic N) is 3. The number of aromatic nitrogens is 4. The maximum absolute atomic E-state index is 14.6. The minimum Gasteiger partial charge on any atom is -0.494 e. The Kier molecular flexibility index (Phi) is 5.79. The number of halogens is 2. The van der Waals surface area contributed by atoms with Crippen LogP contribution in [0, 0.1) is 5.82 Å². The molecule has 2 N–H and O–H groups in total. The molecule has 10 heteroatoms. The Morgan fingerprint density at radius 3 is 2.73 bits per heavy atom. The summed E-state index contributed by atoms with van der Waals surface area (Å²) in [4.78, 5) is 16.0. The Labute approximate surface area is 188 Å². The number of pyridine rings is 1. The van der Waals surface area contributed by atoms with Crippen molar-refractivity contribution in [2.75, 3.05) is 20.8 Å². The summed E-state index contributed by atoms with van der Waals surface area (Å²) in [6, 6.07) is 6.23. The highest BCUT2D eigenvalue weighted by Gasteiger charge is 2.34. The summed E-state index contributed by atoms with van der Waals surface area (Å²) in [6.07, 6.45) is -0.922. The van der Waals surface area contributed by atoms with Gasteiger partial charge in [0, 0.05) is 47.3 Å². The number of nitrogens with one attached hydrogen (secondary N) is 1. The Balaban J connectivity index is 2.14. The second-order valence-corrected chi connectivity index (χ2v) is 8.47. The van der Waals surface area contributed by atoms with Gasteiger partial charge in [0.05, 0.1) is 30.9 Å². The highest BCUT2D eigenvalue weighted by Crippen LogP contribution is 2.39. The number of fused-ring (bicyclic) bond motifs is 2. The van der Waals surface area contributed by atoms with Gasteiger partial charge >= 0.3 is 5.97 Å². The molecule has 0 saturated carbocycles. The fraction of sp³-hybridized carbons (Fsp3) is 0.348. The second-order valence-electron chi connectivity index (χ2n) is 8.47. The van der Waals surface area contributed by atoms with E-state index in [1.807, 2.05) is 24.5 Å². The number of aliphatic carboxylic acids is 1. The number of carbonyl (C=O) groups is 1. The molecule has 33 heavy (non-hydrogen) atoms. The van der Waals surface area contributed by atoms with Gasteiger partial charge in [-0.2, -0.15) is 5.10 Å². The standard InChI is InChI=1S/C23H24F2N4O4/c1-23(2,11-32-3)20-14(9-16(25)22(30)31)19-17(7-12-10-26-28-21(12)27-19)29(20)13-5-6-15(24)18(8-13)33-4/h5-8,10,16H,9,11H2,1-4H3,(H,30,31)(H,26,27,28)/t16-/m1/s1. The predicted octanol–water partition coefficient (Wildman–Crippen LogP) is 3.94. The van der Waals surface area contributed by atoms with E-state index in [0.717, 1.165) is 0 Å². The molecule has 0 aliphatic rings. The Hall–Kier alpha value is -3.53. The number of carboxylic acid groups (broad SMARTS) is 1. The summed E-state index contributed by atoms with van der Waals surface area (Å²) in [7, 11) is 2.92. The predicted molar refractivity (Wildman–Crippen MR) is 118 cm³/mol. The molecular formula is C23H24F2N4O4. The first-order valence-electron chi connectivity index (χ1n) is 10.3. The molecule has 0 radical (unpaired) electrons. The van der Waals surface area contributed by atoms with E-state index in [1.54, 1.807) is 19.4 Å². The molecule has 0 fully saturated rings. The average Bonchev–Trinajstić information content (AvgIpc) is 3.35. The smallest absolute Gasteiger partial charge is 0.338 e. The number of aromatic amines is 1. The van der Waals surface area contributed by atoms with E-state index in [-0.39, 0.29) is 12.4 Å². The molecule has 3 heterocycles. The molecule has 1 aromatic carbocycles. The van der Waals surface area contributed by atoms with Crippen LogP contribution < -0.4 is 4.74 Å². The molecule has 0 bridgehead atoms. The Morgan fingerprint density at radius 1 is 1.30 bits per heavy atom. The molecule has 8 nitrogen and oxygen atoms in total. The van der Waals surface area contributed by atoms with Gasteiger partial charge in [0.25, 0.3) is 0 Å². The first kappa shape index (κ1) is 22.7. The van der Waals surface area contributed by atoms with Crippen molar-refractivity contribution in [1.29, 1.82) is 0 Å². The van der Waals surface area contributed by atoms with Crippen molar-refractivity contribution in [3.05, 3.63) is 47.5 Å². The number of alkyl halides is 1. The van der Waals surface area contributed by atoms with Crippen LogP contribution >= 0.6 is 0 Å². The van der Waals surface area contributed by atoms with E-state index in [2.05, 4.69) is 15.2 Å². The third-order valence-corrected chi connectivity index (χ3v) is 5.63. The van der Waals surface area contributed by atoms with Crippen molar-refractivity contribution >= 4 is 28.0 Å². The molecule has 3 aromatic heterocycles. The lowest BCUT2D eigenvalue weighted by Gasteiger charge is -2.28. The van der Waals surface area contributed by atoms with Gasteiger partial charge in [-0.25, -0.2) is 18.6 Å². The van der Waals surface area contributed by atoms with E-state index in [0.29, 0.717) is 39.0 Å². The summed E-state index contributed by atoms with van der Waals surface area (Å²) in [5.74, 6) is -2.05. The lowest BCUT2D eigenvalue weighted by atomic mass is 9.86. The lowest BCUT2D eigenvalue weighted by molar-refractivity contribution is -0.142. The van der Waals surface area contributed by atoms with Crippen LogP contribution in [-0.2, 0) is 21.4 Å². The minimum absolute atomic E-state index is 0.0395. The Bertz CT molecular complexity index is 1350. The number of hydrogen-bond acceptors (Lipinski definition) is 5. The molecule has 174 valence electrons. The maximum atomic E-state index is 14.6. The molecule has 0 spiro atoms. The highest BCUT2D eigenvalue weighted by molar-refractivity contribution is 5.94. The van der Waals surface area contributed by atoms with Gasteiger partial charge in [-0.05, 0) is 18.2 Å². The fourth-order valence-electron chi connectivity index (χ4n) is 4.28. The van der Waals surface area contributed by atoms with Gasteiger partial charge in [-0.3, -0.25) is 5.10 Å². The average molecular weight is 458 g/mol. The zero-order chi connectivity index (χ0) is 23.9. The van der Waals surface area contributed by atoms with Crippen molar-refractivity contribution in [3.63, 3.8) is 0 Å². The fourth-order valence-corrected chi connectivity index (χ4v) is 4.28. The molecule has 1 atom stereocenters. The molecule has 0 aliphatic carbocycles. The zero-order valence-electron chi connectivity index (χ0n) is 18.6. The van der Waals surface area contributed by atoms with Gasteiger partial charge < -0.3 is 19.1 Å². The number of benzene rings is 1. The van der Waals surface area contributed by atoms with Crippen LogP contribution in [0.1, 0.15) is 25.1 Å². The Morgan fingerprint density at radius 2 is 2.06 bits per heavy atom. The van der Waals surface area contributed by atoms with Gasteiger partial charge in [0.15, 0.2) is 17.2 Å². The van der Waals surface area contributed by atoms with Gasteiger partial charge in [-0.1, -0.05) is 13.8 Å². The van der Waals surface area contributed by atoms with Crippen LogP contribution in [0.15, 0.2) is 30.5 Å². The molecular weight excluding hydrogens is 434 g/mol. The van der Waals surface area contributed by atoms with Crippen molar-refractivity contribution in [2.45, 2.75) is 31.9 Å². The molecule has 0 aliphatic heterocycles. The number of ether oxygens (including phenoxy) is 2. The molecule has 4 aromatic rings.